The van der Waals surface area contributed by atoms with E-state index in [9.17, 15) is 9.90 Å². The van der Waals surface area contributed by atoms with E-state index < -0.39 is 17.6 Å². The van der Waals surface area contributed by atoms with E-state index in [0.29, 0.717) is 17.9 Å². The lowest BCUT2D eigenvalue weighted by atomic mass is 9.85. The van der Waals surface area contributed by atoms with Crippen LogP contribution >= 0.6 is 0 Å². The molecule has 0 fully saturated rings. The van der Waals surface area contributed by atoms with Crippen LogP contribution in [0.15, 0.2) is 48.5 Å². The normalized spacial score (nSPS) is 21.2. The Hall–Kier alpha value is -2.37. The molecule has 25 heavy (non-hydrogen) atoms. The van der Waals surface area contributed by atoms with E-state index in [4.69, 9.17) is 10.5 Å². The van der Waals surface area contributed by atoms with Gasteiger partial charge in [-0.25, -0.2) is 0 Å². The number of carbonyl (C=O) groups excluding carboxylic acids is 1. The van der Waals surface area contributed by atoms with Crippen molar-refractivity contribution in [1.82, 2.24) is 5.32 Å². The van der Waals surface area contributed by atoms with Crippen LogP contribution in [0.5, 0.6) is 5.75 Å². The van der Waals surface area contributed by atoms with Crippen molar-refractivity contribution in [2.24, 2.45) is 5.73 Å². The highest BCUT2D eigenvalue weighted by Gasteiger charge is 2.42. The molecular weight excluding hydrogens is 316 g/mol. The molecule has 3 rings (SSSR count). The summed E-state index contributed by atoms with van der Waals surface area (Å²) in [7, 11) is 0. The van der Waals surface area contributed by atoms with Gasteiger partial charge in [-0.15, -0.1) is 0 Å². The van der Waals surface area contributed by atoms with Crippen LogP contribution in [0.4, 0.5) is 0 Å². The molecule has 0 saturated heterocycles. The van der Waals surface area contributed by atoms with E-state index in [0.717, 1.165) is 12.0 Å². The standard InChI is InChI=1S/C20H24N2O3/c1-20(2)18(23)17(22-11-10-13-6-4-3-5-7-13)15-12-14(19(21)24)8-9-16(15)25-20/h3-9,12,17-18,22-23H,10-11H2,1-2H3,(H2,21,24). The number of benzene rings is 2. The number of aliphatic hydroxyl groups excluding tert-OH is 1. The number of rotatable bonds is 5. The quantitative estimate of drug-likeness (QED) is 0.779. The van der Waals surface area contributed by atoms with Gasteiger partial charge in [0.1, 0.15) is 17.5 Å². The van der Waals surface area contributed by atoms with Gasteiger partial charge in [0.2, 0.25) is 5.91 Å². The van der Waals surface area contributed by atoms with Crippen molar-refractivity contribution in [3.8, 4) is 5.75 Å². The average molecular weight is 340 g/mol. The Balaban J connectivity index is 1.83. The zero-order valence-corrected chi connectivity index (χ0v) is 14.5. The molecule has 1 aliphatic heterocycles. The zero-order chi connectivity index (χ0) is 18.0. The maximum absolute atomic E-state index is 11.5. The fourth-order valence-corrected chi connectivity index (χ4v) is 3.19. The Morgan fingerprint density at radius 2 is 1.96 bits per heavy atom. The Morgan fingerprint density at radius 3 is 2.64 bits per heavy atom. The zero-order valence-electron chi connectivity index (χ0n) is 14.5. The number of aliphatic hydroxyl groups is 1. The first-order chi connectivity index (χ1) is 11.9. The Bertz CT molecular complexity index is 759. The summed E-state index contributed by atoms with van der Waals surface area (Å²) in [5, 5.41) is 14.2. The first-order valence-corrected chi connectivity index (χ1v) is 8.46. The molecule has 2 aromatic carbocycles. The third kappa shape index (κ3) is 3.67. The van der Waals surface area contributed by atoms with Gasteiger partial charge in [0.05, 0.1) is 6.04 Å². The minimum atomic E-state index is -0.751. The molecule has 0 saturated carbocycles. The molecule has 4 N–H and O–H groups in total. The molecule has 0 aromatic heterocycles. The second-order valence-electron chi connectivity index (χ2n) is 6.93. The van der Waals surface area contributed by atoms with Crippen molar-refractivity contribution < 1.29 is 14.6 Å². The van der Waals surface area contributed by atoms with Crippen molar-refractivity contribution in [3.63, 3.8) is 0 Å². The number of ether oxygens (including phenoxy) is 1. The topological polar surface area (TPSA) is 84.6 Å². The smallest absolute Gasteiger partial charge is 0.248 e. The monoisotopic (exact) mass is 340 g/mol. The van der Waals surface area contributed by atoms with Crippen LogP contribution in [-0.2, 0) is 6.42 Å². The molecule has 0 radical (unpaired) electrons. The Morgan fingerprint density at radius 1 is 1.24 bits per heavy atom. The lowest BCUT2D eigenvalue weighted by Gasteiger charge is -2.42. The first-order valence-electron chi connectivity index (χ1n) is 8.46. The van der Waals surface area contributed by atoms with Gasteiger partial charge in [-0.05, 0) is 50.6 Å². The van der Waals surface area contributed by atoms with Crippen LogP contribution < -0.4 is 15.8 Å². The van der Waals surface area contributed by atoms with Gasteiger partial charge in [-0.3, -0.25) is 4.79 Å². The van der Waals surface area contributed by atoms with E-state index in [-0.39, 0.29) is 6.04 Å². The van der Waals surface area contributed by atoms with Gasteiger partial charge in [0.15, 0.2) is 0 Å². The minimum absolute atomic E-state index is 0.332. The molecule has 0 aliphatic carbocycles. The van der Waals surface area contributed by atoms with Gasteiger partial charge in [-0.2, -0.15) is 0 Å². The largest absolute Gasteiger partial charge is 0.485 e. The summed E-state index contributed by atoms with van der Waals surface area (Å²) in [5.74, 6) is 0.169. The van der Waals surface area contributed by atoms with Gasteiger partial charge in [0.25, 0.3) is 0 Å². The fourth-order valence-electron chi connectivity index (χ4n) is 3.19. The predicted octanol–water partition coefficient (Wildman–Crippen LogP) is 2.19. The third-order valence-electron chi connectivity index (χ3n) is 4.65. The second-order valence-corrected chi connectivity index (χ2v) is 6.93. The van der Waals surface area contributed by atoms with E-state index in [1.807, 2.05) is 32.0 Å². The van der Waals surface area contributed by atoms with Crippen molar-refractivity contribution in [2.45, 2.75) is 38.0 Å². The number of amides is 1. The van der Waals surface area contributed by atoms with E-state index in [1.165, 1.54) is 5.56 Å². The molecule has 5 heteroatoms. The maximum atomic E-state index is 11.5. The van der Waals surface area contributed by atoms with Crippen molar-refractivity contribution in [1.29, 1.82) is 0 Å². The molecule has 2 atom stereocenters. The molecule has 2 unspecified atom stereocenters. The molecule has 5 nitrogen and oxygen atoms in total. The molecular formula is C20H24N2O3. The molecule has 1 amide bonds. The molecule has 0 spiro atoms. The number of hydrogen-bond acceptors (Lipinski definition) is 4. The summed E-state index contributed by atoms with van der Waals surface area (Å²) >= 11 is 0. The van der Waals surface area contributed by atoms with Crippen LogP contribution in [0.3, 0.4) is 0 Å². The summed E-state index contributed by atoms with van der Waals surface area (Å²) in [4.78, 5) is 11.5. The van der Waals surface area contributed by atoms with E-state index in [2.05, 4.69) is 17.4 Å². The lowest BCUT2D eigenvalue weighted by Crippen LogP contribution is -2.52. The second kappa shape index (κ2) is 6.86. The van der Waals surface area contributed by atoms with Gasteiger partial charge < -0.3 is 20.9 Å². The highest BCUT2D eigenvalue weighted by molar-refractivity contribution is 5.93. The predicted molar refractivity (Wildman–Crippen MR) is 96.6 cm³/mol. The summed E-state index contributed by atoms with van der Waals surface area (Å²) in [6, 6.07) is 14.9. The molecule has 0 bridgehead atoms. The van der Waals surface area contributed by atoms with Crippen molar-refractivity contribution in [2.75, 3.05) is 6.54 Å². The van der Waals surface area contributed by atoms with E-state index >= 15 is 0 Å². The average Bonchev–Trinajstić information content (AvgIpc) is 2.58. The molecule has 2 aromatic rings. The molecule has 1 heterocycles. The van der Waals surface area contributed by atoms with Gasteiger partial charge in [-0.1, -0.05) is 30.3 Å². The maximum Gasteiger partial charge on any atom is 0.248 e. The van der Waals surface area contributed by atoms with Crippen LogP contribution in [0.1, 0.15) is 41.4 Å². The Labute approximate surface area is 147 Å². The van der Waals surface area contributed by atoms with Crippen LogP contribution in [0.2, 0.25) is 0 Å². The number of fused-ring (bicyclic) bond motifs is 1. The van der Waals surface area contributed by atoms with Gasteiger partial charge in [0, 0.05) is 11.1 Å². The number of hydrogen-bond donors (Lipinski definition) is 3. The van der Waals surface area contributed by atoms with Crippen LogP contribution in [0, 0.1) is 0 Å². The number of nitrogens with one attached hydrogen (secondary N) is 1. The third-order valence-corrected chi connectivity index (χ3v) is 4.65. The Kier molecular flexibility index (Phi) is 4.79. The lowest BCUT2D eigenvalue weighted by molar-refractivity contribution is -0.0644. The molecule has 132 valence electrons. The summed E-state index contributed by atoms with van der Waals surface area (Å²) in [5.41, 5.74) is 7.05. The number of primary amides is 1. The van der Waals surface area contributed by atoms with Crippen molar-refractivity contribution >= 4 is 5.91 Å². The van der Waals surface area contributed by atoms with Crippen molar-refractivity contribution in [3.05, 3.63) is 65.2 Å². The summed E-state index contributed by atoms with van der Waals surface area (Å²) in [6.07, 6.45) is 0.0924. The van der Waals surface area contributed by atoms with E-state index in [1.54, 1.807) is 18.2 Å². The van der Waals surface area contributed by atoms with Crippen LogP contribution in [-0.4, -0.2) is 29.3 Å². The first kappa shape index (κ1) is 17.5. The van der Waals surface area contributed by atoms with Crippen LogP contribution in [0.25, 0.3) is 0 Å². The minimum Gasteiger partial charge on any atom is -0.485 e. The number of nitrogens with two attached hydrogens (primary N) is 1. The van der Waals surface area contributed by atoms with Gasteiger partial charge >= 0.3 is 0 Å². The fraction of sp³-hybridized carbons (Fsp3) is 0.350. The highest BCUT2D eigenvalue weighted by atomic mass is 16.5. The number of carbonyl (C=O) groups is 1. The highest BCUT2D eigenvalue weighted by Crippen LogP contribution is 2.40. The summed E-state index contributed by atoms with van der Waals surface area (Å²) in [6.45, 7) is 4.41. The SMILES string of the molecule is CC1(C)Oc2ccc(C(N)=O)cc2C(NCCc2ccccc2)C1O. The molecule has 1 aliphatic rings. The summed E-state index contributed by atoms with van der Waals surface area (Å²) < 4.78 is 5.92.